The minimum atomic E-state index is -1.76. The lowest BCUT2D eigenvalue weighted by Crippen LogP contribution is -2.61. The van der Waals surface area contributed by atoms with Crippen LogP contribution in [0.4, 0.5) is 0 Å². The Morgan fingerprint density at radius 2 is 0.851 bits per heavy atom. The molecule has 2 aliphatic rings. The largest absolute Gasteiger partial charge is 0.462 e. The fourth-order valence-corrected chi connectivity index (χ4v) is 8.57. The minimum absolute atomic E-state index is 0.167. The Kier molecular flexibility index (Phi) is 36.5. The van der Waals surface area contributed by atoms with Gasteiger partial charge in [0.1, 0.15) is 55.4 Å². The van der Waals surface area contributed by atoms with Crippen molar-refractivity contribution in [3.8, 4) is 0 Å². The fourth-order valence-electron chi connectivity index (χ4n) is 8.57. The highest BCUT2D eigenvalue weighted by Gasteiger charge is 2.47. The summed E-state index contributed by atoms with van der Waals surface area (Å²) in [5.41, 5.74) is 0. The Morgan fingerprint density at radius 3 is 1.31 bits per heavy atom. The normalized spacial score (nSPS) is 26.0. The van der Waals surface area contributed by atoms with E-state index in [1.807, 2.05) is 0 Å². The van der Waals surface area contributed by atoms with E-state index >= 15 is 0 Å². The van der Waals surface area contributed by atoms with Crippen LogP contribution in [-0.2, 0) is 38.0 Å². The first kappa shape index (κ1) is 61.4. The number of rotatable bonds is 42. The zero-order valence-corrected chi connectivity index (χ0v) is 41.7. The third-order valence-electron chi connectivity index (χ3n) is 13.0. The van der Waals surface area contributed by atoms with E-state index in [0.29, 0.717) is 12.8 Å². The molecule has 0 aliphatic carbocycles. The molecule has 0 bridgehead atoms. The van der Waals surface area contributed by atoms with Gasteiger partial charge in [-0.3, -0.25) is 9.59 Å². The maximum Gasteiger partial charge on any atom is 0.306 e. The van der Waals surface area contributed by atoms with E-state index in [-0.39, 0.29) is 26.1 Å². The molecule has 2 fully saturated rings. The molecule has 11 unspecified atom stereocenters. The number of esters is 2. The maximum atomic E-state index is 13.0. The summed E-state index contributed by atoms with van der Waals surface area (Å²) in [6.07, 6.45) is 22.5. The van der Waals surface area contributed by atoms with Crippen LogP contribution in [-0.4, -0.2) is 142 Å². The highest BCUT2D eigenvalue weighted by Crippen LogP contribution is 2.27. The monoisotopic (exact) mass is 961 g/mol. The zero-order valence-electron chi connectivity index (χ0n) is 41.7. The Hall–Kier alpha value is -1.76. The number of hydrogen-bond acceptors (Lipinski definition) is 15. The first-order valence-corrected chi connectivity index (χ1v) is 26.8. The summed E-state index contributed by atoms with van der Waals surface area (Å²) in [6.45, 7) is 2.59. The Labute approximate surface area is 403 Å². The van der Waals surface area contributed by atoms with Gasteiger partial charge >= 0.3 is 11.9 Å². The molecule has 2 aliphatic heterocycles. The molecule has 2 heterocycles. The molecule has 11 atom stereocenters. The molecule has 67 heavy (non-hydrogen) atoms. The summed E-state index contributed by atoms with van der Waals surface area (Å²) in [7, 11) is 0. The van der Waals surface area contributed by atoms with Crippen molar-refractivity contribution in [1.82, 2.24) is 0 Å². The summed E-state index contributed by atoms with van der Waals surface area (Å²) < 4.78 is 33.6. The third-order valence-corrected chi connectivity index (χ3v) is 13.0. The van der Waals surface area contributed by atoms with E-state index in [9.17, 15) is 45.3 Å². The number of ether oxygens (including phenoxy) is 6. The number of allylic oxidation sites excluding steroid dienone is 2. The van der Waals surface area contributed by atoms with Gasteiger partial charge in [-0.15, -0.1) is 0 Å². The Bertz CT molecular complexity index is 1220. The summed E-state index contributed by atoms with van der Waals surface area (Å²) in [5, 5.41) is 72.0. The second kappa shape index (κ2) is 39.9. The van der Waals surface area contributed by atoms with Crippen LogP contribution in [0.15, 0.2) is 12.2 Å². The molecule has 0 aromatic rings. The SMILES string of the molecule is CCCCCCCCCC/C=C\CCCCCCCCCCCC(=O)OC(COC(=O)CCCCCCCCCCCC)COC1OC(COC2OC(CO)C(O)C(O)C2O)C(O)C(O)C1O. The predicted molar refractivity (Wildman–Crippen MR) is 257 cm³/mol. The van der Waals surface area contributed by atoms with Crippen molar-refractivity contribution in [2.75, 3.05) is 26.4 Å². The van der Waals surface area contributed by atoms with Gasteiger partial charge in [0.15, 0.2) is 18.7 Å². The van der Waals surface area contributed by atoms with Gasteiger partial charge in [-0.25, -0.2) is 0 Å². The summed E-state index contributed by atoms with van der Waals surface area (Å²) >= 11 is 0. The van der Waals surface area contributed by atoms with E-state index in [2.05, 4.69) is 26.0 Å². The molecule has 15 nitrogen and oxygen atoms in total. The second-order valence-electron chi connectivity index (χ2n) is 19.1. The van der Waals surface area contributed by atoms with Crippen LogP contribution in [0, 0.1) is 0 Å². The van der Waals surface area contributed by atoms with Crippen molar-refractivity contribution in [2.24, 2.45) is 0 Å². The van der Waals surface area contributed by atoms with Gasteiger partial charge in [0.25, 0.3) is 0 Å². The average molecular weight is 961 g/mol. The summed E-state index contributed by atoms with van der Waals surface area (Å²) in [6, 6.07) is 0. The van der Waals surface area contributed by atoms with Crippen LogP contribution in [0.5, 0.6) is 0 Å². The van der Waals surface area contributed by atoms with Crippen LogP contribution >= 0.6 is 0 Å². The van der Waals surface area contributed by atoms with E-state index in [1.165, 1.54) is 135 Å². The van der Waals surface area contributed by atoms with Crippen molar-refractivity contribution in [3.63, 3.8) is 0 Å². The van der Waals surface area contributed by atoms with Crippen LogP contribution in [0.1, 0.15) is 213 Å². The van der Waals surface area contributed by atoms with E-state index in [4.69, 9.17) is 28.4 Å². The topological polar surface area (TPSA) is 231 Å². The van der Waals surface area contributed by atoms with E-state index < -0.39 is 92.7 Å². The lowest BCUT2D eigenvalue weighted by Gasteiger charge is -2.42. The molecule has 0 aromatic carbocycles. The van der Waals surface area contributed by atoms with Gasteiger partial charge in [0, 0.05) is 12.8 Å². The summed E-state index contributed by atoms with van der Waals surface area (Å²) in [4.78, 5) is 25.7. The molecule has 0 saturated carbocycles. The van der Waals surface area contributed by atoms with Crippen molar-refractivity contribution in [1.29, 1.82) is 0 Å². The standard InChI is InChI=1S/C52H96O15/c1-3-5-7-9-11-13-15-16-17-18-19-20-21-22-23-24-25-27-29-31-33-35-44(55)65-40(37-62-43(54)34-32-30-28-26-14-12-10-8-6-4-2)38-63-51-50(61)48(59)46(57)42(67-51)39-64-52-49(60)47(58)45(56)41(36-53)66-52/h18-19,40-42,45-53,56-61H,3-17,20-39H2,1-2H3/b19-18-. The first-order valence-electron chi connectivity index (χ1n) is 26.8. The van der Waals surface area contributed by atoms with Crippen LogP contribution in [0.3, 0.4) is 0 Å². The smallest absolute Gasteiger partial charge is 0.306 e. The quantitative estimate of drug-likeness (QED) is 0.0176. The van der Waals surface area contributed by atoms with Crippen LogP contribution < -0.4 is 0 Å². The number of aliphatic hydroxyl groups excluding tert-OH is 7. The van der Waals surface area contributed by atoms with Gasteiger partial charge in [-0.2, -0.15) is 0 Å². The molecule has 0 spiro atoms. The van der Waals surface area contributed by atoms with Gasteiger partial charge in [0.05, 0.1) is 19.8 Å². The lowest BCUT2D eigenvalue weighted by atomic mass is 9.98. The zero-order chi connectivity index (χ0) is 48.9. The molecule has 0 aromatic heterocycles. The van der Waals surface area contributed by atoms with Gasteiger partial charge in [-0.05, 0) is 38.5 Å². The highest BCUT2D eigenvalue weighted by atomic mass is 16.7. The summed E-state index contributed by atoms with van der Waals surface area (Å²) in [5.74, 6) is -0.919. The molecule has 0 radical (unpaired) electrons. The molecular formula is C52H96O15. The number of carbonyl (C=O) groups is 2. The van der Waals surface area contributed by atoms with E-state index in [0.717, 1.165) is 38.5 Å². The van der Waals surface area contributed by atoms with Crippen molar-refractivity contribution >= 4 is 11.9 Å². The Balaban J connectivity index is 1.75. The number of aliphatic hydroxyl groups is 7. The third kappa shape index (κ3) is 28.0. The molecule has 394 valence electrons. The Morgan fingerprint density at radius 1 is 0.463 bits per heavy atom. The molecule has 0 amide bonds. The fraction of sp³-hybridized carbons (Fsp3) is 0.923. The first-order chi connectivity index (χ1) is 32.5. The molecule has 15 heteroatoms. The molecular weight excluding hydrogens is 865 g/mol. The molecule has 2 saturated heterocycles. The highest BCUT2D eigenvalue weighted by molar-refractivity contribution is 5.70. The van der Waals surface area contributed by atoms with Gasteiger partial charge in [0.2, 0.25) is 0 Å². The minimum Gasteiger partial charge on any atom is -0.462 e. The number of hydrogen-bond donors (Lipinski definition) is 7. The second-order valence-corrected chi connectivity index (χ2v) is 19.1. The van der Waals surface area contributed by atoms with E-state index in [1.54, 1.807) is 0 Å². The van der Waals surface area contributed by atoms with Crippen molar-refractivity contribution < 1.29 is 73.8 Å². The number of carbonyl (C=O) groups excluding carboxylic acids is 2. The van der Waals surface area contributed by atoms with Crippen LogP contribution in [0.25, 0.3) is 0 Å². The number of unbranched alkanes of at least 4 members (excludes halogenated alkanes) is 26. The predicted octanol–water partition coefficient (Wildman–Crippen LogP) is 7.77. The lowest BCUT2D eigenvalue weighted by molar-refractivity contribution is -0.332. The maximum absolute atomic E-state index is 13.0. The van der Waals surface area contributed by atoms with Gasteiger partial charge in [-0.1, -0.05) is 174 Å². The van der Waals surface area contributed by atoms with Crippen molar-refractivity contribution in [3.05, 3.63) is 12.2 Å². The molecule has 2 rings (SSSR count). The van der Waals surface area contributed by atoms with Crippen LogP contribution in [0.2, 0.25) is 0 Å². The van der Waals surface area contributed by atoms with Crippen molar-refractivity contribution in [2.45, 2.75) is 280 Å². The molecule has 7 N–H and O–H groups in total. The average Bonchev–Trinajstić information content (AvgIpc) is 3.32. The van der Waals surface area contributed by atoms with Gasteiger partial charge < -0.3 is 64.2 Å².